The molecule has 1 aliphatic heterocycles. The number of nitrogens with zero attached hydrogens (tertiary/aromatic N) is 2. The summed E-state index contributed by atoms with van der Waals surface area (Å²) in [6.45, 7) is 11.6. The number of nitrogens with one attached hydrogen (secondary N) is 2. The van der Waals surface area contributed by atoms with Gasteiger partial charge < -0.3 is 36.0 Å². The predicted molar refractivity (Wildman–Crippen MR) is 140 cm³/mol. The van der Waals surface area contributed by atoms with Crippen molar-refractivity contribution in [2.24, 2.45) is 11.7 Å². The van der Waals surface area contributed by atoms with Gasteiger partial charge in [-0.05, 0) is 50.6 Å². The van der Waals surface area contributed by atoms with Crippen LogP contribution in [0.2, 0.25) is 0 Å². The number of rotatable bonds is 11. The lowest BCUT2D eigenvalue weighted by Crippen LogP contribution is -2.41. The molecule has 9 nitrogen and oxygen atoms in total. The van der Waals surface area contributed by atoms with E-state index >= 15 is 0 Å². The number of aliphatic hydroxyl groups excluding tert-OH is 2. The highest BCUT2D eigenvalue weighted by molar-refractivity contribution is 5.98. The van der Waals surface area contributed by atoms with Gasteiger partial charge in [-0.2, -0.15) is 0 Å². The van der Waals surface area contributed by atoms with Gasteiger partial charge in [-0.3, -0.25) is 9.59 Å². The summed E-state index contributed by atoms with van der Waals surface area (Å²) < 4.78 is 14.6. The van der Waals surface area contributed by atoms with Gasteiger partial charge in [0, 0.05) is 62.0 Å². The lowest BCUT2D eigenvalue weighted by molar-refractivity contribution is -0.127. The number of fused-ring (bicyclic) bond motifs is 1. The minimum atomic E-state index is -1.30. The van der Waals surface area contributed by atoms with Crippen molar-refractivity contribution in [2.75, 3.05) is 32.8 Å². The summed E-state index contributed by atoms with van der Waals surface area (Å²) >= 11 is 0. The zero-order valence-corrected chi connectivity index (χ0v) is 21.8. The van der Waals surface area contributed by atoms with E-state index in [1.165, 1.54) is 13.0 Å². The van der Waals surface area contributed by atoms with Crippen LogP contribution in [0, 0.1) is 12.8 Å². The summed E-state index contributed by atoms with van der Waals surface area (Å²) in [6, 6.07) is 0. The first-order valence-corrected chi connectivity index (χ1v) is 12.6. The van der Waals surface area contributed by atoms with Gasteiger partial charge in [0.1, 0.15) is 11.9 Å². The van der Waals surface area contributed by atoms with E-state index in [9.17, 15) is 24.2 Å². The van der Waals surface area contributed by atoms with E-state index in [4.69, 9.17) is 5.73 Å². The Morgan fingerprint density at radius 3 is 2.81 bits per heavy atom. The summed E-state index contributed by atoms with van der Waals surface area (Å²) in [5.74, 6) is -1.81. The number of likely N-dealkylation sites (N-methyl/N-ethyl adjacent to an activating group) is 1. The van der Waals surface area contributed by atoms with Crippen LogP contribution in [0.5, 0.6) is 0 Å². The van der Waals surface area contributed by atoms with Crippen molar-refractivity contribution in [3.05, 3.63) is 70.2 Å². The molecule has 0 bridgehead atoms. The average molecular weight is 516 g/mol. The number of aromatic amines is 1. The fourth-order valence-corrected chi connectivity index (χ4v) is 4.75. The number of aliphatic hydroxyl groups is 2. The molecule has 3 rings (SSSR count). The fraction of sp³-hybridized carbons (Fsp3) is 0.481. The van der Waals surface area contributed by atoms with Crippen LogP contribution in [0.4, 0.5) is 4.39 Å². The highest BCUT2D eigenvalue weighted by atomic mass is 19.1. The van der Waals surface area contributed by atoms with Crippen LogP contribution >= 0.6 is 0 Å². The molecule has 1 unspecified atom stereocenters. The number of hydrogen-bond acceptors (Lipinski definition) is 6. The van der Waals surface area contributed by atoms with Crippen molar-refractivity contribution in [3.63, 3.8) is 0 Å². The van der Waals surface area contributed by atoms with Crippen molar-refractivity contribution in [2.45, 2.75) is 46.1 Å². The lowest BCUT2D eigenvalue weighted by atomic mass is 9.90. The molecular formula is C27H38FN5O4. The number of hydrogen-bond donors (Lipinski definition) is 5. The van der Waals surface area contributed by atoms with Gasteiger partial charge in [0.15, 0.2) is 0 Å². The Bertz CT molecular complexity index is 1130. The van der Waals surface area contributed by atoms with Gasteiger partial charge in [-0.25, -0.2) is 4.39 Å². The molecule has 2 atom stereocenters. The molecule has 6 N–H and O–H groups in total. The predicted octanol–water partition coefficient (Wildman–Crippen LogP) is 1.79. The third kappa shape index (κ3) is 6.31. The third-order valence-corrected chi connectivity index (χ3v) is 7.06. The number of H-pyrrole nitrogens is 1. The van der Waals surface area contributed by atoms with Crippen molar-refractivity contribution in [3.8, 4) is 0 Å². The zero-order chi connectivity index (χ0) is 27.3. The highest BCUT2D eigenvalue weighted by Gasteiger charge is 2.30. The standard InChI is InChI=1S/C27H38FN5O4/c1-5-32(6-2)11-12-33-10-9-22-25(27(33)37)16(3)23(30-22)13-18(15-34)19-7-8-20(28)24(14-21(19)29)31-26(36)17(4)35/h5,7,14,17-18,30,34-35H,1,6,8-13,15,29H2,2-4H3,(H,31,36)/t17-,18?/m0/s1. The maximum absolute atomic E-state index is 14.6. The van der Waals surface area contributed by atoms with Gasteiger partial charge in [0.05, 0.1) is 17.9 Å². The van der Waals surface area contributed by atoms with Crippen LogP contribution in [0.1, 0.15) is 47.6 Å². The molecule has 0 saturated carbocycles. The summed E-state index contributed by atoms with van der Waals surface area (Å²) in [4.78, 5) is 32.4. The summed E-state index contributed by atoms with van der Waals surface area (Å²) in [6.07, 6.45) is 4.36. The monoisotopic (exact) mass is 515 g/mol. The maximum atomic E-state index is 14.6. The lowest BCUT2D eigenvalue weighted by Gasteiger charge is -2.29. The molecule has 10 heteroatoms. The first kappa shape index (κ1) is 28.2. The second kappa shape index (κ2) is 12.2. The number of allylic oxidation sites excluding steroid dienone is 4. The molecule has 2 amide bonds. The minimum absolute atomic E-state index is 0.0141. The van der Waals surface area contributed by atoms with E-state index in [0.717, 1.165) is 23.5 Å². The molecule has 1 aliphatic carbocycles. The number of carbonyl (C=O) groups is 2. The van der Waals surface area contributed by atoms with Crippen LogP contribution in [-0.2, 0) is 17.6 Å². The molecule has 0 aromatic carbocycles. The second-order valence-corrected chi connectivity index (χ2v) is 9.47. The number of nitrogens with two attached hydrogens (primary N) is 1. The van der Waals surface area contributed by atoms with Gasteiger partial charge in [-0.1, -0.05) is 12.7 Å². The number of amides is 2. The Morgan fingerprint density at radius 2 is 2.19 bits per heavy atom. The molecule has 2 aliphatic rings. The van der Waals surface area contributed by atoms with Crippen LogP contribution in [-0.4, -0.2) is 75.7 Å². The Balaban J connectivity index is 1.78. The molecule has 0 radical (unpaired) electrons. The zero-order valence-electron chi connectivity index (χ0n) is 21.8. The number of carbonyl (C=O) groups excluding carboxylic acids is 2. The van der Waals surface area contributed by atoms with E-state index in [-0.39, 0.29) is 30.3 Å². The number of aromatic nitrogens is 1. The first-order chi connectivity index (χ1) is 17.6. The van der Waals surface area contributed by atoms with E-state index in [0.29, 0.717) is 43.6 Å². The largest absolute Gasteiger partial charge is 0.398 e. The van der Waals surface area contributed by atoms with Crippen LogP contribution in [0.25, 0.3) is 0 Å². The molecule has 1 aromatic rings. The Labute approximate surface area is 217 Å². The molecule has 37 heavy (non-hydrogen) atoms. The molecule has 0 saturated heterocycles. The maximum Gasteiger partial charge on any atom is 0.256 e. The van der Waals surface area contributed by atoms with E-state index in [1.54, 1.807) is 12.3 Å². The normalized spacial score (nSPS) is 17.5. The van der Waals surface area contributed by atoms with Gasteiger partial charge in [-0.15, -0.1) is 0 Å². The van der Waals surface area contributed by atoms with Crippen molar-refractivity contribution in [1.82, 2.24) is 20.1 Å². The Kier molecular flexibility index (Phi) is 9.34. The van der Waals surface area contributed by atoms with Crippen LogP contribution < -0.4 is 11.1 Å². The Morgan fingerprint density at radius 1 is 1.46 bits per heavy atom. The first-order valence-electron chi connectivity index (χ1n) is 12.6. The average Bonchev–Trinajstić information content (AvgIpc) is 3.12. The van der Waals surface area contributed by atoms with E-state index in [2.05, 4.69) is 21.8 Å². The smallest absolute Gasteiger partial charge is 0.256 e. The van der Waals surface area contributed by atoms with Crippen LogP contribution in [0.3, 0.4) is 0 Å². The second-order valence-electron chi connectivity index (χ2n) is 9.47. The highest BCUT2D eigenvalue weighted by Crippen LogP contribution is 2.31. The molecular weight excluding hydrogens is 477 g/mol. The summed E-state index contributed by atoms with van der Waals surface area (Å²) in [7, 11) is 0. The molecule has 202 valence electrons. The molecule has 1 aromatic heterocycles. The Hall–Kier alpha value is -3.37. The van der Waals surface area contributed by atoms with Crippen LogP contribution in [0.15, 0.2) is 47.7 Å². The van der Waals surface area contributed by atoms with E-state index < -0.39 is 23.8 Å². The quantitative estimate of drug-likeness (QED) is 0.305. The van der Waals surface area contributed by atoms with Crippen molar-refractivity contribution >= 4 is 11.8 Å². The molecule has 0 fully saturated rings. The summed E-state index contributed by atoms with van der Waals surface area (Å²) in [5, 5.41) is 22.0. The van der Waals surface area contributed by atoms with Crippen molar-refractivity contribution < 1.29 is 24.2 Å². The number of halogens is 1. The fourth-order valence-electron chi connectivity index (χ4n) is 4.75. The molecule has 2 heterocycles. The van der Waals surface area contributed by atoms with Crippen molar-refractivity contribution in [1.29, 1.82) is 0 Å². The minimum Gasteiger partial charge on any atom is -0.398 e. The molecule has 0 spiro atoms. The van der Waals surface area contributed by atoms with Gasteiger partial charge >= 0.3 is 0 Å². The topological polar surface area (TPSA) is 135 Å². The summed E-state index contributed by atoms with van der Waals surface area (Å²) in [5.41, 5.74) is 10.1. The van der Waals surface area contributed by atoms with Gasteiger partial charge in [0.2, 0.25) is 0 Å². The van der Waals surface area contributed by atoms with Gasteiger partial charge in [0.25, 0.3) is 11.8 Å². The van der Waals surface area contributed by atoms with E-state index in [1.807, 2.05) is 18.7 Å². The third-order valence-electron chi connectivity index (χ3n) is 7.06. The SMILES string of the molecule is C=CN(CC)CCN1CCc2[nH]c(CC(CO)C3=CCC(F)=C(NC(=O)[C@H](C)O)C=C3N)c(C)c2C1=O.